The zero-order chi connectivity index (χ0) is 17.0. The van der Waals surface area contributed by atoms with Crippen molar-refractivity contribution in [3.63, 3.8) is 0 Å². The third kappa shape index (κ3) is 4.41. The summed E-state index contributed by atoms with van der Waals surface area (Å²) in [4.78, 5) is 27.0. The fourth-order valence-electron chi connectivity index (χ4n) is 2.58. The van der Waals surface area contributed by atoms with Crippen LogP contribution in [0.15, 0.2) is 24.3 Å². The van der Waals surface area contributed by atoms with Gasteiger partial charge in [0.15, 0.2) is 0 Å². The Bertz CT molecular complexity index is 556. The van der Waals surface area contributed by atoms with E-state index in [4.69, 9.17) is 5.11 Å². The Labute approximate surface area is 134 Å². The molecule has 1 aliphatic heterocycles. The quantitative estimate of drug-likeness (QED) is 0.843. The molecule has 2 unspecified atom stereocenters. The SMILES string of the molecule is CC(NC(=O)C(C)N1CCN(c2ccc(F)cc2)CC1)C(=O)O. The van der Waals surface area contributed by atoms with E-state index in [0.29, 0.717) is 13.1 Å². The molecule has 7 heteroatoms. The second kappa shape index (κ2) is 7.41. The van der Waals surface area contributed by atoms with E-state index in [1.165, 1.54) is 19.1 Å². The van der Waals surface area contributed by atoms with Gasteiger partial charge in [0.2, 0.25) is 5.91 Å². The lowest BCUT2D eigenvalue weighted by Crippen LogP contribution is -2.55. The summed E-state index contributed by atoms with van der Waals surface area (Å²) in [5.41, 5.74) is 0.961. The summed E-state index contributed by atoms with van der Waals surface area (Å²) in [6, 6.07) is 5.08. The van der Waals surface area contributed by atoms with Crippen molar-refractivity contribution in [2.45, 2.75) is 25.9 Å². The Morgan fingerprint density at radius 1 is 1.13 bits per heavy atom. The third-order valence-electron chi connectivity index (χ3n) is 4.16. The van der Waals surface area contributed by atoms with Gasteiger partial charge in [0.1, 0.15) is 11.9 Å². The van der Waals surface area contributed by atoms with E-state index >= 15 is 0 Å². The predicted octanol–water partition coefficient (Wildman–Crippen LogP) is 0.925. The van der Waals surface area contributed by atoms with Gasteiger partial charge in [-0.25, -0.2) is 4.39 Å². The first-order valence-electron chi connectivity index (χ1n) is 7.66. The van der Waals surface area contributed by atoms with Gasteiger partial charge in [-0.05, 0) is 38.1 Å². The molecule has 1 aliphatic rings. The van der Waals surface area contributed by atoms with E-state index in [-0.39, 0.29) is 17.8 Å². The zero-order valence-electron chi connectivity index (χ0n) is 13.3. The summed E-state index contributed by atoms with van der Waals surface area (Å²) in [5.74, 6) is -1.59. The summed E-state index contributed by atoms with van der Waals surface area (Å²) in [6.45, 7) is 6.06. The molecule has 1 heterocycles. The van der Waals surface area contributed by atoms with Gasteiger partial charge in [0.25, 0.3) is 0 Å². The van der Waals surface area contributed by atoms with Crippen LogP contribution in [0.3, 0.4) is 0 Å². The van der Waals surface area contributed by atoms with Crippen LogP contribution < -0.4 is 10.2 Å². The fourth-order valence-corrected chi connectivity index (χ4v) is 2.58. The number of piperazine rings is 1. The summed E-state index contributed by atoms with van der Waals surface area (Å²) < 4.78 is 13.0. The number of aliphatic carboxylic acids is 1. The topological polar surface area (TPSA) is 72.9 Å². The normalized spacial score (nSPS) is 18.3. The molecular weight excluding hydrogens is 301 g/mol. The van der Waals surface area contributed by atoms with Crippen LogP contribution in [0.25, 0.3) is 0 Å². The van der Waals surface area contributed by atoms with E-state index in [1.54, 1.807) is 19.1 Å². The van der Waals surface area contributed by atoms with Crippen molar-refractivity contribution < 1.29 is 19.1 Å². The lowest BCUT2D eigenvalue weighted by molar-refractivity contribution is -0.142. The number of anilines is 1. The molecule has 1 aromatic carbocycles. The Hall–Kier alpha value is -2.15. The zero-order valence-corrected chi connectivity index (χ0v) is 13.3. The molecule has 6 nitrogen and oxygen atoms in total. The first-order valence-corrected chi connectivity index (χ1v) is 7.66. The van der Waals surface area contributed by atoms with Crippen LogP contribution in [0.5, 0.6) is 0 Å². The number of benzene rings is 1. The van der Waals surface area contributed by atoms with Gasteiger partial charge in [-0.3, -0.25) is 14.5 Å². The summed E-state index contributed by atoms with van der Waals surface area (Å²) in [7, 11) is 0. The number of rotatable bonds is 5. The van der Waals surface area contributed by atoms with Crippen molar-refractivity contribution in [1.82, 2.24) is 10.2 Å². The maximum atomic E-state index is 13.0. The molecule has 1 fully saturated rings. The molecule has 0 saturated carbocycles. The summed E-state index contributed by atoms with van der Waals surface area (Å²) in [5, 5.41) is 11.3. The number of halogens is 1. The monoisotopic (exact) mass is 323 g/mol. The van der Waals surface area contributed by atoms with E-state index in [0.717, 1.165) is 18.8 Å². The van der Waals surface area contributed by atoms with E-state index in [9.17, 15) is 14.0 Å². The third-order valence-corrected chi connectivity index (χ3v) is 4.16. The first-order chi connectivity index (χ1) is 10.9. The van der Waals surface area contributed by atoms with Crippen LogP contribution >= 0.6 is 0 Å². The number of carboxylic acids is 1. The van der Waals surface area contributed by atoms with Gasteiger partial charge in [0, 0.05) is 31.9 Å². The van der Waals surface area contributed by atoms with Crippen LogP contribution in [0.4, 0.5) is 10.1 Å². The average molecular weight is 323 g/mol. The minimum absolute atomic E-state index is 0.259. The highest BCUT2D eigenvalue weighted by Crippen LogP contribution is 2.17. The molecule has 2 rings (SSSR count). The number of hydrogen-bond donors (Lipinski definition) is 2. The molecule has 1 saturated heterocycles. The molecule has 1 amide bonds. The number of carboxylic acid groups (broad SMARTS) is 1. The molecule has 0 bridgehead atoms. The Kier molecular flexibility index (Phi) is 5.54. The summed E-state index contributed by atoms with van der Waals surface area (Å²) in [6.07, 6.45) is 0. The van der Waals surface area contributed by atoms with Crippen molar-refractivity contribution in [1.29, 1.82) is 0 Å². The summed E-state index contributed by atoms with van der Waals surface area (Å²) >= 11 is 0. The number of carbonyl (C=O) groups is 2. The minimum atomic E-state index is -1.05. The molecule has 126 valence electrons. The molecule has 0 aromatic heterocycles. The Balaban J connectivity index is 1.87. The molecule has 0 radical (unpaired) electrons. The van der Waals surface area contributed by atoms with Gasteiger partial charge in [-0.15, -0.1) is 0 Å². The van der Waals surface area contributed by atoms with Crippen LogP contribution in [0.1, 0.15) is 13.8 Å². The smallest absolute Gasteiger partial charge is 0.325 e. The minimum Gasteiger partial charge on any atom is -0.480 e. The Morgan fingerprint density at radius 3 is 2.22 bits per heavy atom. The van der Waals surface area contributed by atoms with Gasteiger partial charge in [-0.1, -0.05) is 0 Å². The maximum absolute atomic E-state index is 13.0. The second-order valence-corrected chi connectivity index (χ2v) is 5.74. The predicted molar refractivity (Wildman–Crippen MR) is 84.9 cm³/mol. The van der Waals surface area contributed by atoms with Gasteiger partial charge >= 0.3 is 5.97 Å². The number of carbonyl (C=O) groups excluding carboxylic acids is 1. The number of hydrogen-bond acceptors (Lipinski definition) is 4. The van der Waals surface area contributed by atoms with Crippen LogP contribution in [-0.2, 0) is 9.59 Å². The number of amides is 1. The standard InChI is InChI=1S/C16H22FN3O3/c1-11(16(22)23)18-15(21)12(2)19-7-9-20(10-8-19)14-5-3-13(17)4-6-14/h3-6,11-12H,7-10H2,1-2H3,(H,18,21)(H,22,23). The highest BCUT2D eigenvalue weighted by atomic mass is 19.1. The molecule has 23 heavy (non-hydrogen) atoms. The average Bonchev–Trinajstić information content (AvgIpc) is 2.55. The van der Waals surface area contributed by atoms with Gasteiger partial charge in [0.05, 0.1) is 6.04 Å². The molecule has 1 aromatic rings. The van der Waals surface area contributed by atoms with Crippen LogP contribution in [0.2, 0.25) is 0 Å². The van der Waals surface area contributed by atoms with Crippen LogP contribution in [0, 0.1) is 5.82 Å². The van der Waals surface area contributed by atoms with E-state index in [2.05, 4.69) is 10.2 Å². The molecular formula is C16H22FN3O3. The van der Waals surface area contributed by atoms with Crippen LogP contribution in [-0.4, -0.2) is 60.1 Å². The first kappa shape index (κ1) is 17.2. The lowest BCUT2D eigenvalue weighted by Gasteiger charge is -2.38. The van der Waals surface area contributed by atoms with Crippen molar-refractivity contribution in [3.05, 3.63) is 30.1 Å². The van der Waals surface area contributed by atoms with Crippen molar-refractivity contribution in [2.24, 2.45) is 0 Å². The Morgan fingerprint density at radius 2 is 1.70 bits per heavy atom. The molecule has 2 N–H and O–H groups in total. The van der Waals surface area contributed by atoms with Crippen molar-refractivity contribution in [3.8, 4) is 0 Å². The van der Waals surface area contributed by atoms with Crippen molar-refractivity contribution in [2.75, 3.05) is 31.1 Å². The fraction of sp³-hybridized carbons (Fsp3) is 0.500. The van der Waals surface area contributed by atoms with Crippen molar-refractivity contribution >= 4 is 17.6 Å². The maximum Gasteiger partial charge on any atom is 0.325 e. The number of nitrogens with one attached hydrogen (secondary N) is 1. The molecule has 2 atom stereocenters. The second-order valence-electron chi connectivity index (χ2n) is 5.74. The lowest BCUT2D eigenvalue weighted by atomic mass is 10.2. The van der Waals surface area contributed by atoms with Gasteiger partial charge in [-0.2, -0.15) is 0 Å². The highest BCUT2D eigenvalue weighted by molar-refractivity contribution is 5.86. The van der Waals surface area contributed by atoms with E-state index < -0.39 is 12.0 Å². The highest BCUT2D eigenvalue weighted by Gasteiger charge is 2.27. The molecule has 0 aliphatic carbocycles. The van der Waals surface area contributed by atoms with Gasteiger partial charge < -0.3 is 15.3 Å². The number of nitrogens with zero attached hydrogens (tertiary/aromatic N) is 2. The largest absolute Gasteiger partial charge is 0.480 e. The van der Waals surface area contributed by atoms with E-state index in [1.807, 2.05) is 4.90 Å². The molecule has 0 spiro atoms.